The second-order valence-corrected chi connectivity index (χ2v) is 12.1. The van der Waals surface area contributed by atoms with Crippen molar-refractivity contribution in [1.29, 1.82) is 0 Å². The lowest BCUT2D eigenvalue weighted by Gasteiger charge is -2.12. The fourth-order valence-electron chi connectivity index (χ4n) is 6.94. The van der Waals surface area contributed by atoms with Crippen LogP contribution in [0.25, 0.3) is 94.4 Å². The molecule has 7 aromatic carbocycles. The number of nitrogens with zero attached hydrogens (tertiary/aromatic N) is 4. The molecule has 0 aliphatic carbocycles. The van der Waals surface area contributed by atoms with Crippen LogP contribution in [-0.4, -0.2) is 19.5 Å². The summed E-state index contributed by atoms with van der Waals surface area (Å²) in [5.74, 6) is 1.92. The van der Waals surface area contributed by atoms with Crippen LogP contribution in [0.4, 0.5) is 0 Å². The predicted molar refractivity (Wildman–Crippen MR) is 195 cm³/mol. The van der Waals surface area contributed by atoms with Crippen molar-refractivity contribution in [2.75, 3.05) is 0 Å². The lowest BCUT2D eigenvalue weighted by Crippen LogP contribution is -2.01. The summed E-state index contributed by atoms with van der Waals surface area (Å²) < 4.78 is 8.59. The smallest absolute Gasteiger partial charge is 0.164 e. The molecule has 0 atom stereocenters. The van der Waals surface area contributed by atoms with Crippen molar-refractivity contribution < 1.29 is 4.42 Å². The van der Waals surface area contributed by atoms with Gasteiger partial charge < -0.3 is 8.98 Å². The van der Waals surface area contributed by atoms with Gasteiger partial charge in [-0.25, -0.2) is 15.0 Å². The van der Waals surface area contributed by atoms with Gasteiger partial charge in [0.25, 0.3) is 0 Å². The summed E-state index contributed by atoms with van der Waals surface area (Å²) in [6.45, 7) is 0. The molecule has 5 heteroatoms. The lowest BCUT2D eigenvalue weighted by atomic mass is 10.0. The van der Waals surface area contributed by atoms with Crippen LogP contribution >= 0.6 is 0 Å². The van der Waals surface area contributed by atoms with Crippen LogP contribution < -0.4 is 0 Å². The van der Waals surface area contributed by atoms with E-state index >= 15 is 0 Å². The fraction of sp³-hybridized carbons (Fsp3) is 0. The first-order valence-electron chi connectivity index (χ1n) is 16.0. The van der Waals surface area contributed by atoms with Gasteiger partial charge >= 0.3 is 0 Å². The van der Waals surface area contributed by atoms with Gasteiger partial charge in [0, 0.05) is 43.9 Å². The summed E-state index contributed by atoms with van der Waals surface area (Å²) >= 11 is 0. The van der Waals surface area contributed by atoms with Gasteiger partial charge in [-0.2, -0.15) is 0 Å². The highest BCUT2D eigenvalue weighted by molar-refractivity contribution is 6.17. The van der Waals surface area contributed by atoms with E-state index in [0.29, 0.717) is 17.5 Å². The highest BCUT2D eigenvalue weighted by Gasteiger charge is 2.17. The third kappa shape index (κ3) is 4.22. The number of para-hydroxylation sites is 2. The molecule has 0 amide bonds. The normalized spacial score (nSPS) is 11.8. The molecule has 0 saturated heterocycles. The number of benzene rings is 7. The summed E-state index contributed by atoms with van der Waals surface area (Å²) in [5, 5.41) is 6.96. The Morgan fingerprint density at radius 3 is 1.71 bits per heavy atom. The number of rotatable bonds is 4. The third-order valence-corrected chi connectivity index (χ3v) is 9.19. The molecule has 0 N–H and O–H groups in total. The zero-order valence-corrected chi connectivity index (χ0v) is 25.7. The molecular formula is C43H26N4O. The average molecular weight is 615 g/mol. The van der Waals surface area contributed by atoms with Crippen LogP contribution in [0.3, 0.4) is 0 Å². The molecule has 0 bridgehead atoms. The Kier molecular flexibility index (Phi) is 5.81. The minimum atomic E-state index is 0.630. The first kappa shape index (κ1) is 26.6. The quantitative estimate of drug-likeness (QED) is 0.198. The monoisotopic (exact) mass is 614 g/mol. The van der Waals surface area contributed by atoms with E-state index in [0.717, 1.165) is 60.7 Å². The molecule has 5 nitrogen and oxygen atoms in total. The first-order valence-corrected chi connectivity index (χ1v) is 16.0. The minimum absolute atomic E-state index is 0.630. The predicted octanol–water partition coefficient (Wildman–Crippen LogP) is 11.0. The maximum absolute atomic E-state index is 6.24. The van der Waals surface area contributed by atoms with Gasteiger partial charge in [0.05, 0.1) is 11.0 Å². The minimum Gasteiger partial charge on any atom is -0.456 e. The van der Waals surface area contributed by atoms with E-state index in [9.17, 15) is 0 Å². The van der Waals surface area contributed by atoms with Gasteiger partial charge in [-0.3, -0.25) is 0 Å². The Labute approximate surface area is 275 Å². The molecule has 0 fully saturated rings. The number of aromatic nitrogens is 4. The van der Waals surface area contributed by atoms with E-state index < -0.39 is 0 Å². The maximum atomic E-state index is 6.24. The highest BCUT2D eigenvalue weighted by atomic mass is 16.3. The summed E-state index contributed by atoms with van der Waals surface area (Å²) in [5.41, 5.74) is 7.94. The molecule has 0 unspecified atom stereocenters. The van der Waals surface area contributed by atoms with E-state index in [1.807, 2.05) is 72.8 Å². The molecule has 10 rings (SSSR count). The van der Waals surface area contributed by atoms with Crippen molar-refractivity contribution in [3.8, 4) is 39.9 Å². The SMILES string of the molecule is c1ccc(-c2nc(-c3ccccc3)nc(-c3cccc(-n4c5ccccc5c5cc6cc7oc8ccccc8c7cc6cc54)c3)n2)cc1. The Balaban J connectivity index is 1.19. The first-order chi connectivity index (χ1) is 23.8. The van der Waals surface area contributed by atoms with Crippen LogP contribution in [0.15, 0.2) is 162 Å². The number of hydrogen-bond donors (Lipinski definition) is 0. The molecule has 0 radical (unpaired) electrons. The summed E-state index contributed by atoms with van der Waals surface area (Å²) in [7, 11) is 0. The van der Waals surface area contributed by atoms with Crippen molar-refractivity contribution >= 4 is 54.5 Å². The van der Waals surface area contributed by atoms with Crippen LogP contribution in [0.1, 0.15) is 0 Å². The van der Waals surface area contributed by atoms with Crippen LogP contribution in [-0.2, 0) is 0 Å². The van der Waals surface area contributed by atoms with Gasteiger partial charge in [-0.15, -0.1) is 0 Å². The van der Waals surface area contributed by atoms with Crippen molar-refractivity contribution in [2.45, 2.75) is 0 Å². The van der Waals surface area contributed by atoms with Crippen LogP contribution in [0.2, 0.25) is 0 Å². The zero-order chi connectivity index (χ0) is 31.6. The molecule has 3 aromatic heterocycles. The Hall–Kier alpha value is -6.59. The number of hydrogen-bond acceptors (Lipinski definition) is 4. The highest BCUT2D eigenvalue weighted by Crippen LogP contribution is 2.38. The number of fused-ring (bicyclic) bond motifs is 7. The Morgan fingerprint density at radius 1 is 0.375 bits per heavy atom. The molecule has 0 aliphatic heterocycles. The number of furan rings is 1. The second kappa shape index (κ2) is 10.5. The van der Waals surface area contributed by atoms with E-state index in [1.54, 1.807) is 0 Å². The standard InChI is InChI=1S/C43H26N4O/c1-3-12-27(13-4-1)41-44-42(28-14-5-2-6-15-28)46-43(45-41)29-16-11-17-32(22-29)47-37-20-9-7-18-33(37)35-23-31-26-40-36(24-30(31)25-38(35)47)34-19-8-10-21-39(34)48-40/h1-26H. The van der Waals surface area contributed by atoms with E-state index in [4.69, 9.17) is 19.4 Å². The Bertz CT molecular complexity index is 2780. The summed E-state index contributed by atoms with van der Waals surface area (Å²) in [6, 6.07) is 54.5. The van der Waals surface area contributed by atoms with E-state index in [-0.39, 0.29) is 0 Å². The molecule has 0 saturated carbocycles. The average Bonchev–Trinajstić information content (AvgIpc) is 3.68. The molecule has 48 heavy (non-hydrogen) atoms. The zero-order valence-electron chi connectivity index (χ0n) is 25.7. The van der Waals surface area contributed by atoms with Gasteiger partial charge in [0.15, 0.2) is 17.5 Å². The molecule has 224 valence electrons. The second-order valence-electron chi connectivity index (χ2n) is 12.1. The van der Waals surface area contributed by atoms with Crippen molar-refractivity contribution in [3.05, 3.63) is 158 Å². The topological polar surface area (TPSA) is 56.7 Å². The molecule has 10 aromatic rings. The van der Waals surface area contributed by atoms with Crippen LogP contribution in [0.5, 0.6) is 0 Å². The summed E-state index contributed by atoms with van der Waals surface area (Å²) in [6.07, 6.45) is 0. The molecule has 0 aliphatic rings. The van der Waals surface area contributed by atoms with Crippen molar-refractivity contribution in [3.63, 3.8) is 0 Å². The maximum Gasteiger partial charge on any atom is 0.164 e. The van der Waals surface area contributed by atoms with E-state index in [1.165, 1.54) is 16.2 Å². The van der Waals surface area contributed by atoms with Gasteiger partial charge in [0.1, 0.15) is 11.2 Å². The van der Waals surface area contributed by atoms with Gasteiger partial charge in [-0.1, -0.05) is 109 Å². The molecular weight excluding hydrogens is 589 g/mol. The summed E-state index contributed by atoms with van der Waals surface area (Å²) in [4.78, 5) is 14.9. The largest absolute Gasteiger partial charge is 0.456 e. The van der Waals surface area contributed by atoms with E-state index in [2.05, 4.69) is 89.5 Å². The Morgan fingerprint density at radius 2 is 0.958 bits per heavy atom. The van der Waals surface area contributed by atoms with Crippen molar-refractivity contribution in [2.24, 2.45) is 0 Å². The molecule has 3 heterocycles. The lowest BCUT2D eigenvalue weighted by molar-refractivity contribution is 0.669. The fourth-order valence-corrected chi connectivity index (χ4v) is 6.94. The van der Waals surface area contributed by atoms with Crippen molar-refractivity contribution in [1.82, 2.24) is 19.5 Å². The van der Waals surface area contributed by atoms with Gasteiger partial charge in [-0.05, 0) is 59.3 Å². The molecule has 0 spiro atoms. The third-order valence-electron chi connectivity index (χ3n) is 9.19. The van der Waals surface area contributed by atoms with Gasteiger partial charge in [0.2, 0.25) is 0 Å². The van der Waals surface area contributed by atoms with Crippen LogP contribution in [0, 0.1) is 0 Å².